The van der Waals surface area contributed by atoms with E-state index in [0.717, 1.165) is 5.56 Å². The van der Waals surface area contributed by atoms with Crippen LogP contribution in [0, 0.1) is 11.6 Å². The van der Waals surface area contributed by atoms with Crippen LogP contribution in [0.4, 0.5) is 8.78 Å². The number of rotatable bonds is 4. The maximum absolute atomic E-state index is 13.5. The molecule has 0 radical (unpaired) electrons. The molecule has 0 spiro atoms. The molecule has 0 aromatic heterocycles. The average Bonchev–Trinajstić information content (AvgIpc) is 2.37. The van der Waals surface area contributed by atoms with Gasteiger partial charge in [0.15, 0.2) is 0 Å². The highest BCUT2D eigenvalue weighted by atomic mass is 32.2. The highest BCUT2D eigenvalue weighted by Crippen LogP contribution is 2.28. The number of hydrogen-bond acceptors (Lipinski definition) is 4. The third kappa shape index (κ3) is 3.45. The van der Waals surface area contributed by atoms with Crippen LogP contribution in [-0.4, -0.2) is 13.0 Å². The summed E-state index contributed by atoms with van der Waals surface area (Å²) < 4.78 is 64.4. The van der Waals surface area contributed by atoms with Crippen molar-refractivity contribution >= 4 is 16.2 Å². The molecule has 0 atom stereocenters. The van der Waals surface area contributed by atoms with Gasteiger partial charge in [0.25, 0.3) is 0 Å². The van der Waals surface area contributed by atoms with E-state index in [-0.39, 0.29) is 11.5 Å². The Balaban J connectivity index is 2.35. The standard InChI is InChI=1S/C14H10F2O4S/c1-2-9-3-5-10(6-4-9)20-11-7-12(15)14(13(16)8-11)21(17,18)19/h2-8H,1H2,(H,17,18,19)/p-1. The maximum atomic E-state index is 13.5. The smallest absolute Gasteiger partial charge is 0.147 e. The summed E-state index contributed by atoms with van der Waals surface area (Å²) >= 11 is 0. The van der Waals surface area contributed by atoms with Gasteiger partial charge in [-0.3, -0.25) is 0 Å². The molecule has 21 heavy (non-hydrogen) atoms. The molecule has 2 rings (SSSR count). The first-order chi connectivity index (χ1) is 9.81. The lowest BCUT2D eigenvalue weighted by molar-refractivity contribution is 0.431. The summed E-state index contributed by atoms with van der Waals surface area (Å²) in [4.78, 5) is -1.52. The van der Waals surface area contributed by atoms with E-state index in [1.165, 1.54) is 0 Å². The zero-order valence-corrected chi connectivity index (χ0v) is 11.4. The van der Waals surface area contributed by atoms with Gasteiger partial charge in [-0.05, 0) is 17.7 Å². The molecular weight excluding hydrogens is 302 g/mol. The highest BCUT2D eigenvalue weighted by Gasteiger charge is 2.17. The van der Waals surface area contributed by atoms with Crippen molar-refractivity contribution in [1.29, 1.82) is 0 Å². The van der Waals surface area contributed by atoms with E-state index in [9.17, 15) is 21.8 Å². The first-order valence-electron chi connectivity index (χ1n) is 5.66. The first-order valence-corrected chi connectivity index (χ1v) is 7.07. The predicted octanol–water partition coefficient (Wildman–Crippen LogP) is 3.30. The summed E-state index contributed by atoms with van der Waals surface area (Å²) in [5.74, 6) is -2.97. The minimum Gasteiger partial charge on any atom is -0.744 e. The largest absolute Gasteiger partial charge is 0.744 e. The lowest BCUT2D eigenvalue weighted by Gasteiger charge is -2.12. The van der Waals surface area contributed by atoms with E-state index in [2.05, 4.69) is 6.58 Å². The fraction of sp³-hybridized carbons (Fsp3) is 0. The molecule has 4 nitrogen and oxygen atoms in total. The SMILES string of the molecule is C=Cc1ccc(Oc2cc(F)c(S(=O)(=O)[O-])c(F)c2)cc1. The second-order valence-corrected chi connectivity index (χ2v) is 5.36. The number of hydrogen-bond donors (Lipinski definition) is 0. The second-order valence-electron chi connectivity index (χ2n) is 4.05. The van der Waals surface area contributed by atoms with Crippen LogP contribution in [0.15, 0.2) is 47.9 Å². The molecule has 0 fully saturated rings. The van der Waals surface area contributed by atoms with Crippen molar-refractivity contribution in [3.63, 3.8) is 0 Å². The molecule has 0 saturated carbocycles. The van der Waals surface area contributed by atoms with Crippen molar-refractivity contribution < 1.29 is 26.5 Å². The van der Waals surface area contributed by atoms with Crippen molar-refractivity contribution in [1.82, 2.24) is 0 Å². The van der Waals surface area contributed by atoms with Gasteiger partial charge in [-0.2, -0.15) is 0 Å². The van der Waals surface area contributed by atoms with E-state index < -0.39 is 26.6 Å². The summed E-state index contributed by atoms with van der Waals surface area (Å²) in [6.45, 7) is 3.57. The molecule has 7 heteroatoms. The Labute approximate surface area is 120 Å². The van der Waals surface area contributed by atoms with Crippen LogP contribution in [0.25, 0.3) is 6.08 Å². The molecule has 0 amide bonds. The molecule has 0 aliphatic heterocycles. The van der Waals surface area contributed by atoms with Crippen molar-refractivity contribution in [2.45, 2.75) is 4.90 Å². The normalized spacial score (nSPS) is 11.2. The molecular formula is C14H9F2O4S-. The molecule has 0 bridgehead atoms. The Morgan fingerprint density at radius 1 is 1.05 bits per heavy atom. The van der Waals surface area contributed by atoms with Gasteiger partial charge in [0.05, 0.1) is 0 Å². The third-order valence-corrected chi connectivity index (χ3v) is 3.46. The van der Waals surface area contributed by atoms with E-state index in [0.29, 0.717) is 12.1 Å². The Morgan fingerprint density at radius 3 is 2.00 bits per heavy atom. The number of halogens is 2. The zero-order valence-electron chi connectivity index (χ0n) is 10.5. The molecule has 0 aliphatic carbocycles. The lowest BCUT2D eigenvalue weighted by Crippen LogP contribution is -2.05. The zero-order chi connectivity index (χ0) is 15.6. The fourth-order valence-electron chi connectivity index (χ4n) is 1.64. The van der Waals surface area contributed by atoms with Crippen molar-refractivity contribution in [3.8, 4) is 11.5 Å². The van der Waals surface area contributed by atoms with Gasteiger partial charge in [-0.25, -0.2) is 17.2 Å². The average molecular weight is 311 g/mol. The van der Waals surface area contributed by atoms with Crippen LogP contribution in [0.3, 0.4) is 0 Å². The van der Waals surface area contributed by atoms with Crippen molar-refractivity contribution in [3.05, 3.63) is 60.2 Å². The van der Waals surface area contributed by atoms with Crippen LogP contribution in [0.2, 0.25) is 0 Å². The number of ether oxygens (including phenoxy) is 1. The second kappa shape index (κ2) is 5.63. The van der Waals surface area contributed by atoms with Gasteiger partial charge in [0.1, 0.15) is 38.1 Å². The van der Waals surface area contributed by atoms with Crippen LogP contribution >= 0.6 is 0 Å². The van der Waals surface area contributed by atoms with Crippen molar-refractivity contribution in [2.75, 3.05) is 0 Å². The van der Waals surface area contributed by atoms with Gasteiger partial charge in [0, 0.05) is 12.1 Å². The fourth-order valence-corrected chi connectivity index (χ4v) is 2.24. The monoisotopic (exact) mass is 311 g/mol. The van der Waals surface area contributed by atoms with E-state index >= 15 is 0 Å². The Hall–Kier alpha value is -2.25. The van der Waals surface area contributed by atoms with Gasteiger partial charge in [0.2, 0.25) is 0 Å². The Morgan fingerprint density at radius 2 is 1.57 bits per heavy atom. The molecule has 0 heterocycles. The molecule has 0 aliphatic rings. The van der Waals surface area contributed by atoms with Gasteiger partial charge in [-0.1, -0.05) is 24.8 Å². The lowest BCUT2D eigenvalue weighted by atomic mass is 10.2. The highest BCUT2D eigenvalue weighted by molar-refractivity contribution is 7.85. The van der Waals surface area contributed by atoms with Crippen LogP contribution < -0.4 is 4.74 Å². The van der Waals surface area contributed by atoms with E-state index in [1.54, 1.807) is 30.3 Å². The summed E-state index contributed by atoms with van der Waals surface area (Å²) in [6.07, 6.45) is 1.61. The molecule has 2 aromatic carbocycles. The molecule has 0 saturated heterocycles. The van der Waals surface area contributed by atoms with Gasteiger partial charge >= 0.3 is 0 Å². The maximum Gasteiger partial charge on any atom is 0.147 e. The Kier molecular flexibility index (Phi) is 4.06. The summed E-state index contributed by atoms with van der Waals surface area (Å²) in [5.41, 5.74) is 0.826. The minimum atomic E-state index is -5.23. The summed E-state index contributed by atoms with van der Waals surface area (Å²) in [5, 5.41) is 0. The quantitative estimate of drug-likeness (QED) is 0.813. The predicted molar refractivity (Wildman–Crippen MR) is 70.9 cm³/mol. The number of benzene rings is 2. The van der Waals surface area contributed by atoms with Crippen LogP contribution in [0.5, 0.6) is 11.5 Å². The molecule has 0 N–H and O–H groups in total. The van der Waals surface area contributed by atoms with Gasteiger partial charge in [-0.15, -0.1) is 0 Å². The Bertz CT molecular complexity index is 760. The summed E-state index contributed by atoms with van der Waals surface area (Å²) in [7, 11) is -5.23. The summed E-state index contributed by atoms with van der Waals surface area (Å²) in [6, 6.07) is 7.71. The first kappa shape index (κ1) is 15.1. The van der Waals surface area contributed by atoms with Crippen LogP contribution in [0.1, 0.15) is 5.56 Å². The minimum absolute atomic E-state index is 0.260. The van der Waals surface area contributed by atoms with Crippen LogP contribution in [-0.2, 0) is 10.1 Å². The molecule has 110 valence electrons. The van der Waals surface area contributed by atoms with E-state index in [1.807, 2.05) is 0 Å². The molecule has 2 aromatic rings. The molecule has 0 unspecified atom stereocenters. The third-order valence-electron chi connectivity index (χ3n) is 2.57. The van der Waals surface area contributed by atoms with E-state index in [4.69, 9.17) is 4.74 Å². The topological polar surface area (TPSA) is 66.4 Å². The van der Waals surface area contributed by atoms with Gasteiger partial charge < -0.3 is 9.29 Å². The van der Waals surface area contributed by atoms with Crippen molar-refractivity contribution in [2.24, 2.45) is 0 Å².